The van der Waals surface area contributed by atoms with Gasteiger partial charge in [0.1, 0.15) is 12.0 Å². The molecule has 3 rings (SSSR count). The van der Waals surface area contributed by atoms with Gasteiger partial charge in [0, 0.05) is 11.1 Å². The highest BCUT2D eigenvalue weighted by molar-refractivity contribution is 5.81. The predicted octanol–water partition coefficient (Wildman–Crippen LogP) is 3.49. The lowest BCUT2D eigenvalue weighted by Gasteiger charge is -2.20. The van der Waals surface area contributed by atoms with E-state index in [1.165, 1.54) is 5.56 Å². The number of aldehydes is 1. The molecule has 0 bridgehead atoms. The molecule has 2 heteroatoms. The summed E-state index contributed by atoms with van der Waals surface area (Å²) in [6, 6.07) is 13.8. The second-order valence-electron chi connectivity index (χ2n) is 4.49. The van der Waals surface area contributed by atoms with Crippen LogP contribution in [0.2, 0.25) is 0 Å². The van der Waals surface area contributed by atoms with Gasteiger partial charge in [0.2, 0.25) is 0 Å². The quantitative estimate of drug-likeness (QED) is 0.748. The number of hydrogen-bond acceptors (Lipinski definition) is 2. The Morgan fingerprint density at radius 2 is 2.00 bits per heavy atom. The fraction of sp³-hybridized carbons (Fsp3) is 0.188. The molecule has 0 fully saturated rings. The van der Waals surface area contributed by atoms with Crippen molar-refractivity contribution in [2.24, 2.45) is 0 Å². The fourth-order valence-electron chi connectivity index (χ4n) is 2.40. The first kappa shape index (κ1) is 11.0. The van der Waals surface area contributed by atoms with Crippen LogP contribution in [0.25, 0.3) is 11.1 Å². The van der Waals surface area contributed by atoms with Crippen LogP contribution in [0.4, 0.5) is 0 Å². The number of rotatable bonds is 2. The Balaban J connectivity index is 2.13. The minimum atomic E-state index is 0.695. The van der Waals surface area contributed by atoms with Gasteiger partial charge in [0.25, 0.3) is 0 Å². The summed E-state index contributed by atoms with van der Waals surface area (Å²) in [5, 5.41) is 0. The third-order valence-electron chi connectivity index (χ3n) is 3.27. The number of carbonyl (C=O) groups is 1. The molecular formula is C16H14O2. The second-order valence-corrected chi connectivity index (χ2v) is 4.49. The summed E-state index contributed by atoms with van der Waals surface area (Å²) in [6.07, 6.45) is 3.02. The average molecular weight is 238 g/mol. The number of fused-ring (bicyclic) bond motifs is 1. The highest BCUT2D eigenvalue weighted by atomic mass is 16.5. The molecule has 0 saturated carbocycles. The Morgan fingerprint density at radius 3 is 2.89 bits per heavy atom. The SMILES string of the molecule is O=Cc1cccc(-c2cccc3c2OCCC3)c1. The number of carbonyl (C=O) groups excluding carboxylic acids is 1. The van der Waals surface area contributed by atoms with Crippen LogP contribution < -0.4 is 4.74 Å². The topological polar surface area (TPSA) is 26.3 Å². The van der Waals surface area contributed by atoms with E-state index >= 15 is 0 Å². The summed E-state index contributed by atoms with van der Waals surface area (Å²) in [4.78, 5) is 10.8. The van der Waals surface area contributed by atoms with E-state index in [1.807, 2.05) is 30.3 Å². The molecule has 1 aliphatic rings. The van der Waals surface area contributed by atoms with Gasteiger partial charge < -0.3 is 4.74 Å². The first-order valence-electron chi connectivity index (χ1n) is 6.19. The Morgan fingerprint density at radius 1 is 1.11 bits per heavy atom. The standard InChI is InChI=1S/C16H14O2/c17-11-12-4-1-6-14(10-12)15-8-2-5-13-7-3-9-18-16(13)15/h1-2,4-6,8,10-11H,3,7,9H2. The van der Waals surface area contributed by atoms with E-state index in [1.54, 1.807) is 0 Å². The zero-order chi connectivity index (χ0) is 12.4. The zero-order valence-corrected chi connectivity index (χ0v) is 10.1. The van der Waals surface area contributed by atoms with E-state index in [0.717, 1.165) is 42.6 Å². The van der Waals surface area contributed by atoms with Crippen LogP contribution in [-0.4, -0.2) is 12.9 Å². The molecule has 18 heavy (non-hydrogen) atoms. The Hall–Kier alpha value is -2.09. The van der Waals surface area contributed by atoms with Crippen LogP contribution in [0, 0.1) is 0 Å². The molecule has 90 valence electrons. The maximum Gasteiger partial charge on any atom is 0.150 e. The number of benzene rings is 2. The normalized spacial score (nSPS) is 13.6. The van der Waals surface area contributed by atoms with Gasteiger partial charge in [-0.3, -0.25) is 4.79 Å². The molecule has 2 aromatic carbocycles. The van der Waals surface area contributed by atoms with E-state index in [2.05, 4.69) is 12.1 Å². The molecule has 2 nitrogen and oxygen atoms in total. The third kappa shape index (κ3) is 1.90. The average Bonchev–Trinajstić information content (AvgIpc) is 2.47. The van der Waals surface area contributed by atoms with Crippen molar-refractivity contribution in [1.82, 2.24) is 0 Å². The molecular weight excluding hydrogens is 224 g/mol. The van der Waals surface area contributed by atoms with Gasteiger partial charge in [0.05, 0.1) is 6.61 Å². The van der Waals surface area contributed by atoms with Crippen molar-refractivity contribution in [3.05, 3.63) is 53.6 Å². The molecule has 0 aliphatic carbocycles. The predicted molar refractivity (Wildman–Crippen MR) is 71.1 cm³/mol. The molecule has 1 aliphatic heterocycles. The van der Waals surface area contributed by atoms with E-state index < -0.39 is 0 Å². The van der Waals surface area contributed by atoms with Crippen molar-refractivity contribution in [3.63, 3.8) is 0 Å². The molecule has 0 unspecified atom stereocenters. The number of ether oxygens (including phenoxy) is 1. The van der Waals surface area contributed by atoms with Crippen molar-refractivity contribution in [1.29, 1.82) is 0 Å². The highest BCUT2D eigenvalue weighted by Gasteiger charge is 2.15. The van der Waals surface area contributed by atoms with Crippen molar-refractivity contribution in [2.45, 2.75) is 12.8 Å². The summed E-state index contributed by atoms with van der Waals surface area (Å²) < 4.78 is 5.79. The minimum Gasteiger partial charge on any atom is -0.493 e. The van der Waals surface area contributed by atoms with Crippen molar-refractivity contribution in [3.8, 4) is 16.9 Å². The summed E-state index contributed by atoms with van der Waals surface area (Å²) in [7, 11) is 0. The maximum absolute atomic E-state index is 10.8. The number of hydrogen-bond donors (Lipinski definition) is 0. The molecule has 2 aromatic rings. The molecule has 0 atom stereocenters. The lowest BCUT2D eigenvalue weighted by molar-refractivity contribution is 0.112. The number of para-hydroxylation sites is 1. The van der Waals surface area contributed by atoms with Crippen LogP contribution in [-0.2, 0) is 6.42 Å². The summed E-state index contributed by atoms with van der Waals surface area (Å²) >= 11 is 0. The van der Waals surface area contributed by atoms with Crippen molar-refractivity contribution in [2.75, 3.05) is 6.61 Å². The van der Waals surface area contributed by atoms with Crippen LogP contribution in [0.15, 0.2) is 42.5 Å². The lowest BCUT2D eigenvalue weighted by atomic mass is 9.97. The maximum atomic E-state index is 10.8. The molecule has 0 amide bonds. The van der Waals surface area contributed by atoms with Crippen LogP contribution in [0.1, 0.15) is 22.3 Å². The largest absolute Gasteiger partial charge is 0.493 e. The van der Waals surface area contributed by atoms with Gasteiger partial charge >= 0.3 is 0 Å². The van der Waals surface area contributed by atoms with E-state index in [0.29, 0.717) is 5.56 Å². The summed E-state index contributed by atoms with van der Waals surface area (Å²) in [6.45, 7) is 0.775. The van der Waals surface area contributed by atoms with Gasteiger partial charge in [-0.15, -0.1) is 0 Å². The molecule has 0 spiro atoms. The molecule has 0 aromatic heterocycles. The van der Waals surface area contributed by atoms with Crippen LogP contribution >= 0.6 is 0 Å². The molecule has 0 saturated heterocycles. The fourth-order valence-corrected chi connectivity index (χ4v) is 2.40. The van der Waals surface area contributed by atoms with Crippen LogP contribution in [0.3, 0.4) is 0 Å². The van der Waals surface area contributed by atoms with Gasteiger partial charge in [0.15, 0.2) is 0 Å². The lowest BCUT2D eigenvalue weighted by Crippen LogP contribution is -2.09. The van der Waals surface area contributed by atoms with Gasteiger partial charge in [-0.2, -0.15) is 0 Å². The van der Waals surface area contributed by atoms with Crippen molar-refractivity contribution < 1.29 is 9.53 Å². The van der Waals surface area contributed by atoms with Gasteiger partial charge in [-0.05, 0) is 30.0 Å². The van der Waals surface area contributed by atoms with Crippen molar-refractivity contribution >= 4 is 6.29 Å². The molecule has 1 heterocycles. The monoisotopic (exact) mass is 238 g/mol. The minimum absolute atomic E-state index is 0.695. The van der Waals surface area contributed by atoms with Gasteiger partial charge in [-0.25, -0.2) is 0 Å². The van der Waals surface area contributed by atoms with Crippen LogP contribution in [0.5, 0.6) is 5.75 Å². The third-order valence-corrected chi connectivity index (χ3v) is 3.27. The summed E-state index contributed by atoms with van der Waals surface area (Å²) in [5.41, 5.74) is 4.07. The van der Waals surface area contributed by atoms with E-state index in [-0.39, 0.29) is 0 Å². The van der Waals surface area contributed by atoms with E-state index in [4.69, 9.17) is 4.74 Å². The molecule has 0 radical (unpaired) electrons. The van der Waals surface area contributed by atoms with Gasteiger partial charge in [-0.1, -0.05) is 36.4 Å². The zero-order valence-electron chi connectivity index (χ0n) is 10.1. The highest BCUT2D eigenvalue weighted by Crippen LogP contribution is 2.36. The second kappa shape index (κ2) is 4.65. The Labute approximate surface area is 106 Å². The number of aryl methyl sites for hydroxylation is 1. The Kier molecular flexibility index (Phi) is 2.85. The first-order valence-corrected chi connectivity index (χ1v) is 6.19. The molecule has 0 N–H and O–H groups in total. The summed E-state index contributed by atoms with van der Waals surface area (Å²) in [5.74, 6) is 0.979. The van der Waals surface area contributed by atoms with E-state index in [9.17, 15) is 4.79 Å². The Bertz CT molecular complexity index is 587. The smallest absolute Gasteiger partial charge is 0.150 e. The first-order chi connectivity index (χ1) is 8.88.